The van der Waals surface area contributed by atoms with Gasteiger partial charge in [0.25, 0.3) is 0 Å². The van der Waals surface area contributed by atoms with E-state index in [2.05, 4.69) is 0 Å². The first-order valence-electron chi connectivity index (χ1n) is 5.98. The molecular formula is C16H12O3. The lowest BCUT2D eigenvalue weighted by Crippen LogP contribution is -1.98. The van der Waals surface area contributed by atoms with E-state index in [9.17, 15) is 9.90 Å². The highest BCUT2D eigenvalue weighted by Gasteiger charge is 2.30. The molecule has 2 aromatic carbocycles. The molecular weight excluding hydrogens is 240 g/mol. The smallest absolute Gasteiger partial charge is 0.235 e. The predicted molar refractivity (Wildman–Crippen MR) is 72.2 cm³/mol. The van der Waals surface area contributed by atoms with E-state index in [0.29, 0.717) is 5.75 Å². The first-order valence-corrected chi connectivity index (χ1v) is 5.98. The zero-order valence-corrected chi connectivity index (χ0v) is 10.4. The molecule has 1 N–H and O–H groups in total. The van der Waals surface area contributed by atoms with Gasteiger partial charge in [0.15, 0.2) is 5.76 Å². The number of rotatable bonds is 1. The predicted octanol–water partition coefficient (Wildman–Crippen LogP) is 3.32. The maximum absolute atomic E-state index is 12.2. The lowest BCUT2D eigenvalue weighted by molar-refractivity contribution is 0.101. The number of hydrogen-bond donors (Lipinski definition) is 1. The monoisotopic (exact) mass is 252 g/mol. The Morgan fingerprint density at radius 2 is 1.89 bits per heavy atom. The lowest BCUT2D eigenvalue weighted by atomic mass is 10.1. The van der Waals surface area contributed by atoms with Crippen LogP contribution in [0.5, 0.6) is 11.5 Å². The standard InChI is InChI=1S/C16H12O3/c1-10-5-2-3-6-11(10)9-14-16(18)15-12(17)7-4-8-13(15)19-14/h2-9,17H,1H3/b14-9-. The van der Waals surface area contributed by atoms with Crippen LogP contribution in [-0.4, -0.2) is 10.9 Å². The van der Waals surface area contributed by atoms with Crippen LogP contribution in [0.3, 0.4) is 0 Å². The summed E-state index contributed by atoms with van der Waals surface area (Å²) in [6.07, 6.45) is 1.71. The quantitative estimate of drug-likeness (QED) is 0.792. The van der Waals surface area contributed by atoms with Crippen molar-refractivity contribution in [2.24, 2.45) is 0 Å². The molecule has 0 atom stereocenters. The number of phenols is 1. The highest BCUT2D eigenvalue weighted by Crippen LogP contribution is 2.37. The molecule has 0 spiro atoms. The number of carbonyl (C=O) groups is 1. The van der Waals surface area contributed by atoms with Crippen molar-refractivity contribution in [3.63, 3.8) is 0 Å². The second-order valence-corrected chi connectivity index (χ2v) is 4.45. The zero-order chi connectivity index (χ0) is 13.4. The SMILES string of the molecule is Cc1ccccc1/C=C1\Oc2cccc(O)c2C1=O. The largest absolute Gasteiger partial charge is 0.507 e. The van der Waals surface area contributed by atoms with E-state index in [4.69, 9.17) is 4.74 Å². The topological polar surface area (TPSA) is 46.5 Å². The molecule has 3 heteroatoms. The van der Waals surface area contributed by atoms with Crippen LogP contribution in [0, 0.1) is 6.92 Å². The number of hydrogen-bond acceptors (Lipinski definition) is 3. The summed E-state index contributed by atoms with van der Waals surface area (Å²) in [4.78, 5) is 12.2. The summed E-state index contributed by atoms with van der Waals surface area (Å²) in [6, 6.07) is 12.5. The third-order valence-electron chi connectivity index (χ3n) is 3.15. The Morgan fingerprint density at radius 3 is 2.63 bits per heavy atom. The minimum atomic E-state index is -0.281. The summed E-state index contributed by atoms with van der Waals surface area (Å²) in [5.74, 6) is 0.322. The van der Waals surface area contributed by atoms with Crippen LogP contribution in [0.15, 0.2) is 48.2 Å². The maximum Gasteiger partial charge on any atom is 0.235 e. The number of allylic oxidation sites excluding steroid dienone is 1. The number of ether oxygens (including phenoxy) is 1. The molecule has 94 valence electrons. The van der Waals surface area contributed by atoms with Gasteiger partial charge in [-0.05, 0) is 36.3 Å². The van der Waals surface area contributed by atoms with E-state index >= 15 is 0 Å². The molecule has 0 saturated heterocycles. The Hall–Kier alpha value is -2.55. The maximum atomic E-state index is 12.2. The number of carbonyl (C=O) groups excluding carboxylic acids is 1. The number of Topliss-reactive ketones (excluding diaryl/α,β-unsaturated/α-hetero) is 1. The van der Waals surface area contributed by atoms with Gasteiger partial charge in [0.2, 0.25) is 5.78 Å². The number of aromatic hydroxyl groups is 1. The molecule has 0 fully saturated rings. The first kappa shape index (κ1) is 11.5. The fourth-order valence-corrected chi connectivity index (χ4v) is 2.11. The summed E-state index contributed by atoms with van der Waals surface area (Å²) in [5, 5.41) is 9.71. The summed E-state index contributed by atoms with van der Waals surface area (Å²) in [7, 11) is 0. The number of aryl methyl sites for hydroxylation is 1. The van der Waals surface area contributed by atoms with Crippen molar-refractivity contribution in [3.05, 3.63) is 64.9 Å². The molecule has 0 radical (unpaired) electrons. The van der Waals surface area contributed by atoms with Gasteiger partial charge in [-0.1, -0.05) is 30.3 Å². The molecule has 0 aromatic heterocycles. The van der Waals surface area contributed by atoms with Crippen molar-refractivity contribution in [1.82, 2.24) is 0 Å². The highest BCUT2D eigenvalue weighted by atomic mass is 16.5. The minimum absolute atomic E-state index is 0.0457. The molecule has 3 rings (SSSR count). The number of phenolic OH excluding ortho intramolecular Hbond substituents is 1. The molecule has 1 aliphatic rings. The average Bonchev–Trinajstić information content (AvgIpc) is 2.71. The third kappa shape index (κ3) is 1.89. The van der Waals surface area contributed by atoms with Crippen LogP contribution in [0.2, 0.25) is 0 Å². The van der Waals surface area contributed by atoms with E-state index < -0.39 is 0 Å². The van der Waals surface area contributed by atoms with Crippen molar-refractivity contribution in [1.29, 1.82) is 0 Å². The molecule has 2 aromatic rings. The van der Waals surface area contributed by atoms with Gasteiger partial charge in [-0.3, -0.25) is 4.79 Å². The molecule has 1 aliphatic heterocycles. The lowest BCUT2D eigenvalue weighted by Gasteiger charge is -2.01. The third-order valence-corrected chi connectivity index (χ3v) is 3.15. The molecule has 19 heavy (non-hydrogen) atoms. The van der Waals surface area contributed by atoms with Crippen LogP contribution < -0.4 is 4.74 Å². The Bertz CT molecular complexity index is 699. The van der Waals surface area contributed by atoms with Crippen LogP contribution >= 0.6 is 0 Å². The number of fused-ring (bicyclic) bond motifs is 1. The van der Waals surface area contributed by atoms with Crippen molar-refractivity contribution >= 4 is 11.9 Å². The van der Waals surface area contributed by atoms with Gasteiger partial charge in [-0.15, -0.1) is 0 Å². The van der Waals surface area contributed by atoms with E-state index in [1.54, 1.807) is 18.2 Å². The number of benzene rings is 2. The first-order chi connectivity index (χ1) is 9.16. The van der Waals surface area contributed by atoms with E-state index in [1.165, 1.54) is 6.07 Å². The van der Waals surface area contributed by atoms with E-state index in [1.807, 2.05) is 31.2 Å². The van der Waals surface area contributed by atoms with Crippen LogP contribution in [-0.2, 0) is 0 Å². The Labute approximate surface area is 110 Å². The Balaban J connectivity index is 2.05. The average molecular weight is 252 g/mol. The minimum Gasteiger partial charge on any atom is -0.507 e. The Morgan fingerprint density at radius 1 is 1.11 bits per heavy atom. The highest BCUT2D eigenvalue weighted by molar-refractivity contribution is 6.16. The number of ketones is 1. The zero-order valence-electron chi connectivity index (χ0n) is 10.4. The van der Waals surface area contributed by atoms with Crippen LogP contribution in [0.25, 0.3) is 6.08 Å². The molecule has 1 heterocycles. The van der Waals surface area contributed by atoms with Gasteiger partial charge in [0.1, 0.15) is 17.1 Å². The fourth-order valence-electron chi connectivity index (χ4n) is 2.11. The van der Waals surface area contributed by atoms with Crippen LogP contribution in [0.1, 0.15) is 21.5 Å². The van der Waals surface area contributed by atoms with Gasteiger partial charge in [0.05, 0.1) is 0 Å². The second-order valence-electron chi connectivity index (χ2n) is 4.45. The van der Waals surface area contributed by atoms with Crippen molar-refractivity contribution < 1.29 is 14.6 Å². The van der Waals surface area contributed by atoms with Crippen molar-refractivity contribution in [3.8, 4) is 11.5 Å². The molecule has 0 unspecified atom stereocenters. The molecule has 0 bridgehead atoms. The van der Waals surface area contributed by atoms with Gasteiger partial charge in [-0.25, -0.2) is 0 Å². The van der Waals surface area contributed by atoms with Gasteiger partial charge in [-0.2, -0.15) is 0 Å². The van der Waals surface area contributed by atoms with Gasteiger partial charge < -0.3 is 9.84 Å². The van der Waals surface area contributed by atoms with Gasteiger partial charge in [0, 0.05) is 0 Å². The van der Waals surface area contributed by atoms with Crippen molar-refractivity contribution in [2.75, 3.05) is 0 Å². The molecule has 0 saturated carbocycles. The van der Waals surface area contributed by atoms with Gasteiger partial charge >= 0.3 is 0 Å². The summed E-state index contributed by atoms with van der Waals surface area (Å²) < 4.78 is 5.51. The van der Waals surface area contributed by atoms with Crippen molar-refractivity contribution in [2.45, 2.75) is 6.92 Å². The molecule has 3 nitrogen and oxygen atoms in total. The summed E-state index contributed by atoms with van der Waals surface area (Å²) >= 11 is 0. The Kier molecular flexibility index (Phi) is 2.60. The normalized spacial score (nSPS) is 15.4. The molecule has 0 aliphatic carbocycles. The fraction of sp³-hybridized carbons (Fsp3) is 0.0625. The second kappa shape index (κ2) is 4.28. The summed E-state index contributed by atoms with van der Waals surface area (Å²) in [6.45, 7) is 1.97. The van der Waals surface area contributed by atoms with E-state index in [-0.39, 0.29) is 22.9 Å². The van der Waals surface area contributed by atoms with E-state index in [0.717, 1.165) is 11.1 Å². The molecule has 0 amide bonds. The summed E-state index contributed by atoms with van der Waals surface area (Å²) in [5.41, 5.74) is 2.23. The van der Waals surface area contributed by atoms with Crippen LogP contribution in [0.4, 0.5) is 0 Å².